The number of hydrogen-bond donors (Lipinski definition) is 1. The molecule has 0 atom stereocenters. The van der Waals surface area contributed by atoms with Crippen molar-refractivity contribution in [1.29, 1.82) is 0 Å². The molecular weight excluding hydrogens is 398 g/mol. The predicted molar refractivity (Wildman–Crippen MR) is 127 cm³/mol. The van der Waals surface area contributed by atoms with Gasteiger partial charge < -0.3 is 10.0 Å². The molecule has 0 bridgehead atoms. The third kappa shape index (κ3) is 4.43. The maximum Gasteiger partial charge on any atom is 0.307 e. The second-order valence-electron chi connectivity index (χ2n) is 8.55. The first-order valence-electron chi connectivity index (χ1n) is 11.2. The molecule has 2 aliphatic rings. The number of benzene rings is 3. The number of fused-ring (bicyclic) bond motifs is 2. The summed E-state index contributed by atoms with van der Waals surface area (Å²) >= 11 is 0. The number of aliphatic imine (C=N–C) groups is 1. The zero-order valence-electron chi connectivity index (χ0n) is 18.1. The Kier molecular flexibility index (Phi) is 5.73. The van der Waals surface area contributed by atoms with Crippen LogP contribution in [0, 0.1) is 0 Å². The van der Waals surface area contributed by atoms with Crippen molar-refractivity contribution in [3.63, 3.8) is 0 Å². The number of aliphatic carboxylic acids is 1. The molecule has 5 rings (SSSR count). The van der Waals surface area contributed by atoms with E-state index in [-0.39, 0.29) is 6.42 Å². The van der Waals surface area contributed by atoms with Crippen molar-refractivity contribution in [3.8, 4) is 0 Å². The number of amidine groups is 1. The van der Waals surface area contributed by atoms with E-state index in [4.69, 9.17) is 10.1 Å². The maximum absolute atomic E-state index is 11.0. The summed E-state index contributed by atoms with van der Waals surface area (Å²) in [6, 6.07) is 25.0. The fraction of sp³-hybridized carbons (Fsp3) is 0.259. The molecule has 1 saturated heterocycles. The number of para-hydroxylation sites is 1. The molecular formula is C27H27N3O2. The predicted octanol–water partition coefficient (Wildman–Crippen LogP) is 4.11. The number of rotatable bonds is 4. The Balaban J connectivity index is 1.32. The van der Waals surface area contributed by atoms with E-state index in [1.54, 1.807) is 0 Å². The Morgan fingerprint density at radius 3 is 2.38 bits per heavy atom. The van der Waals surface area contributed by atoms with Crippen LogP contribution in [0.1, 0.15) is 27.8 Å². The molecule has 1 fully saturated rings. The molecule has 0 amide bonds. The Bertz CT molecular complexity index is 1160. The first kappa shape index (κ1) is 20.5. The van der Waals surface area contributed by atoms with E-state index in [9.17, 15) is 4.79 Å². The Hall–Kier alpha value is -3.44. The quantitative estimate of drug-likeness (QED) is 0.683. The van der Waals surface area contributed by atoms with E-state index in [1.165, 1.54) is 22.3 Å². The second kappa shape index (κ2) is 8.97. The van der Waals surface area contributed by atoms with Gasteiger partial charge in [0, 0.05) is 44.7 Å². The largest absolute Gasteiger partial charge is 0.481 e. The van der Waals surface area contributed by atoms with Gasteiger partial charge in [0.25, 0.3) is 0 Å². The van der Waals surface area contributed by atoms with Crippen LogP contribution in [-0.2, 0) is 24.2 Å². The first-order chi connectivity index (χ1) is 15.7. The van der Waals surface area contributed by atoms with E-state index < -0.39 is 5.97 Å². The molecule has 3 aromatic carbocycles. The number of hydrogen-bond acceptors (Lipinski definition) is 4. The summed E-state index contributed by atoms with van der Waals surface area (Å²) in [6.07, 6.45) is 0.980. The highest BCUT2D eigenvalue weighted by Crippen LogP contribution is 2.29. The van der Waals surface area contributed by atoms with Crippen molar-refractivity contribution in [1.82, 2.24) is 9.80 Å². The van der Waals surface area contributed by atoms with Crippen LogP contribution in [0.15, 0.2) is 77.8 Å². The molecule has 5 heteroatoms. The van der Waals surface area contributed by atoms with Crippen LogP contribution < -0.4 is 0 Å². The van der Waals surface area contributed by atoms with Crippen molar-refractivity contribution in [3.05, 3.63) is 101 Å². The highest BCUT2D eigenvalue weighted by atomic mass is 16.4. The molecule has 2 aliphatic heterocycles. The lowest BCUT2D eigenvalue weighted by atomic mass is 9.99. The van der Waals surface area contributed by atoms with E-state index in [2.05, 4.69) is 64.4 Å². The van der Waals surface area contributed by atoms with Gasteiger partial charge in [0.1, 0.15) is 5.84 Å². The molecule has 32 heavy (non-hydrogen) atoms. The highest BCUT2D eigenvalue weighted by molar-refractivity contribution is 6.02. The highest BCUT2D eigenvalue weighted by Gasteiger charge is 2.24. The molecule has 0 aliphatic carbocycles. The van der Waals surface area contributed by atoms with Crippen molar-refractivity contribution in [2.45, 2.75) is 19.4 Å². The van der Waals surface area contributed by atoms with Gasteiger partial charge in [0.2, 0.25) is 0 Å². The smallest absolute Gasteiger partial charge is 0.307 e. The Morgan fingerprint density at radius 1 is 0.844 bits per heavy atom. The fourth-order valence-electron chi connectivity index (χ4n) is 4.67. The van der Waals surface area contributed by atoms with E-state index in [1.807, 2.05) is 18.2 Å². The summed E-state index contributed by atoms with van der Waals surface area (Å²) in [4.78, 5) is 21.0. The first-order valence-corrected chi connectivity index (χ1v) is 11.2. The third-order valence-electron chi connectivity index (χ3n) is 6.28. The van der Waals surface area contributed by atoms with Gasteiger partial charge in [-0.3, -0.25) is 9.69 Å². The summed E-state index contributed by atoms with van der Waals surface area (Å²) in [5.41, 5.74) is 6.93. The second-order valence-corrected chi connectivity index (χ2v) is 8.55. The van der Waals surface area contributed by atoms with Crippen LogP contribution >= 0.6 is 0 Å². The van der Waals surface area contributed by atoms with Gasteiger partial charge >= 0.3 is 5.97 Å². The maximum atomic E-state index is 11.0. The minimum absolute atomic E-state index is 0.0718. The molecule has 5 nitrogen and oxygen atoms in total. The summed E-state index contributed by atoms with van der Waals surface area (Å²) in [5, 5.41) is 9.06. The average molecular weight is 426 g/mol. The van der Waals surface area contributed by atoms with Gasteiger partial charge in [-0.1, -0.05) is 66.7 Å². The summed E-state index contributed by atoms with van der Waals surface area (Å²) in [5.74, 6) is 0.287. The van der Waals surface area contributed by atoms with Crippen LogP contribution in [0.4, 0.5) is 5.69 Å². The SMILES string of the molecule is O=C(O)Cc1cccc(CN2CCN(C3=Nc4ccccc4Cc4ccccc43)CC2)c1. The molecule has 3 aromatic rings. The van der Waals surface area contributed by atoms with Crippen LogP contribution in [0.2, 0.25) is 0 Å². The molecule has 0 unspecified atom stereocenters. The molecule has 2 heterocycles. The zero-order valence-corrected chi connectivity index (χ0v) is 18.1. The normalized spacial score (nSPS) is 16.0. The van der Waals surface area contributed by atoms with Crippen molar-refractivity contribution < 1.29 is 9.90 Å². The number of piperazine rings is 1. The van der Waals surface area contributed by atoms with Crippen LogP contribution in [-0.4, -0.2) is 52.9 Å². The molecule has 0 aromatic heterocycles. The van der Waals surface area contributed by atoms with E-state index >= 15 is 0 Å². The summed E-state index contributed by atoms with van der Waals surface area (Å²) < 4.78 is 0. The van der Waals surface area contributed by atoms with Crippen LogP contribution in [0.25, 0.3) is 0 Å². The zero-order chi connectivity index (χ0) is 21.9. The third-order valence-corrected chi connectivity index (χ3v) is 6.28. The van der Waals surface area contributed by atoms with Gasteiger partial charge in [-0.2, -0.15) is 0 Å². The molecule has 162 valence electrons. The fourth-order valence-corrected chi connectivity index (χ4v) is 4.67. The average Bonchev–Trinajstić information content (AvgIpc) is 2.96. The standard InChI is InChI=1S/C27H27N3O2/c31-26(32)17-20-6-5-7-21(16-20)19-29-12-14-30(15-13-29)27-24-10-3-1-8-22(24)18-23-9-2-4-11-25(23)28-27/h1-11,16H,12-15,17-19H2,(H,31,32). The van der Waals surface area contributed by atoms with Gasteiger partial charge in [-0.25, -0.2) is 4.99 Å². The lowest BCUT2D eigenvalue weighted by Gasteiger charge is -2.37. The van der Waals surface area contributed by atoms with E-state index in [0.717, 1.165) is 56.2 Å². The van der Waals surface area contributed by atoms with Gasteiger partial charge in [0.05, 0.1) is 12.1 Å². The Morgan fingerprint density at radius 2 is 1.56 bits per heavy atom. The van der Waals surface area contributed by atoms with Crippen molar-refractivity contribution in [2.24, 2.45) is 4.99 Å². The number of nitrogens with zero attached hydrogens (tertiary/aromatic N) is 3. The number of carbonyl (C=O) groups is 1. The number of carboxylic acids is 1. The lowest BCUT2D eigenvalue weighted by Crippen LogP contribution is -2.48. The van der Waals surface area contributed by atoms with Gasteiger partial charge in [0.15, 0.2) is 0 Å². The minimum Gasteiger partial charge on any atom is -0.481 e. The molecule has 0 spiro atoms. The van der Waals surface area contributed by atoms with Crippen molar-refractivity contribution >= 4 is 17.5 Å². The minimum atomic E-state index is -0.790. The molecule has 0 radical (unpaired) electrons. The number of carboxylic acid groups (broad SMARTS) is 1. The van der Waals surface area contributed by atoms with Crippen LogP contribution in [0.5, 0.6) is 0 Å². The van der Waals surface area contributed by atoms with Gasteiger partial charge in [-0.05, 0) is 28.3 Å². The topological polar surface area (TPSA) is 56.1 Å². The monoisotopic (exact) mass is 425 g/mol. The Labute approximate surface area is 188 Å². The molecule has 1 N–H and O–H groups in total. The summed E-state index contributed by atoms with van der Waals surface area (Å²) in [6.45, 7) is 4.58. The van der Waals surface area contributed by atoms with Crippen LogP contribution in [0.3, 0.4) is 0 Å². The van der Waals surface area contributed by atoms with Gasteiger partial charge in [-0.15, -0.1) is 0 Å². The van der Waals surface area contributed by atoms with E-state index in [0.29, 0.717) is 0 Å². The molecule has 0 saturated carbocycles. The summed E-state index contributed by atoms with van der Waals surface area (Å²) in [7, 11) is 0. The lowest BCUT2D eigenvalue weighted by molar-refractivity contribution is -0.136. The van der Waals surface area contributed by atoms with Crippen molar-refractivity contribution in [2.75, 3.05) is 26.2 Å².